The lowest BCUT2D eigenvalue weighted by Crippen LogP contribution is -2.34. The van der Waals surface area contributed by atoms with Gasteiger partial charge in [0, 0.05) is 13.1 Å². The van der Waals surface area contributed by atoms with E-state index in [1.165, 1.54) is 5.56 Å². The zero-order valence-corrected chi connectivity index (χ0v) is 12.3. The second-order valence-electron chi connectivity index (χ2n) is 4.49. The molecule has 0 aromatic heterocycles. The van der Waals surface area contributed by atoms with E-state index in [0.29, 0.717) is 26.3 Å². The summed E-state index contributed by atoms with van der Waals surface area (Å²) in [5.74, 6) is 0.620. The fourth-order valence-electron chi connectivity index (χ4n) is 1.73. The Labute approximate surface area is 121 Å². The standard InChI is InChI=1S/C16H23NO3/c1-4-10-17(13-16(18)19-5-2)11-12-20-15-8-6-14(3)7-9-15/h4,6-9H,1,5,10-13H2,2-3H3. The Hall–Kier alpha value is -1.81. The average Bonchev–Trinajstić information content (AvgIpc) is 2.41. The van der Waals surface area contributed by atoms with Crippen molar-refractivity contribution < 1.29 is 14.3 Å². The van der Waals surface area contributed by atoms with Crippen LogP contribution in [-0.2, 0) is 9.53 Å². The van der Waals surface area contributed by atoms with Crippen LogP contribution in [0.3, 0.4) is 0 Å². The molecule has 0 N–H and O–H groups in total. The highest BCUT2D eigenvalue weighted by Gasteiger charge is 2.10. The van der Waals surface area contributed by atoms with E-state index in [1.54, 1.807) is 13.0 Å². The maximum Gasteiger partial charge on any atom is 0.320 e. The van der Waals surface area contributed by atoms with Crippen LogP contribution >= 0.6 is 0 Å². The van der Waals surface area contributed by atoms with E-state index in [0.717, 1.165) is 5.75 Å². The lowest BCUT2D eigenvalue weighted by Gasteiger charge is -2.19. The van der Waals surface area contributed by atoms with Crippen molar-refractivity contribution in [2.45, 2.75) is 13.8 Å². The van der Waals surface area contributed by atoms with Gasteiger partial charge in [0.05, 0.1) is 13.2 Å². The van der Waals surface area contributed by atoms with E-state index in [1.807, 2.05) is 36.1 Å². The number of hydrogen-bond donors (Lipinski definition) is 0. The molecule has 0 heterocycles. The van der Waals surface area contributed by atoms with Crippen molar-refractivity contribution in [1.29, 1.82) is 0 Å². The van der Waals surface area contributed by atoms with Crippen LogP contribution in [0, 0.1) is 6.92 Å². The first-order valence-electron chi connectivity index (χ1n) is 6.84. The summed E-state index contributed by atoms with van der Waals surface area (Å²) >= 11 is 0. The quantitative estimate of drug-likeness (QED) is 0.513. The van der Waals surface area contributed by atoms with Crippen molar-refractivity contribution in [2.24, 2.45) is 0 Å². The number of benzene rings is 1. The Bertz CT molecular complexity index is 414. The molecule has 110 valence electrons. The first-order valence-corrected chi connectivity index (χ1v) is 6.84. The van der Waals surface area contributed by atoms with E-state index < -0.39 is 0 Å². The van der Waals surface area contributed by atoms with Crippen molar-refractivity contribution in [3.05, 3.63) is 42.5 Å². The zero-order chi connectivity index (χ0) is 14.8. The van der Waals surface area contributed by atoms with E-state index in [-0.39, 0.29) is 12.5 Å². The van der Waals surface area contributed by atoms with Gasteiger partial charge in [-0.05, 0) is 26.0 Å². The monoisotopic (exact) mass is 277 g/mol. The van der Waals surface area contributed by atoms with Crippen molar-refractivity contribution in [2.75, 3.05) is 32.8 Å². The van der Waals surface area contributed by atoms with Crippen LogP contribution in [0.4, 0.5) is 0 Å². The number of carbonyl (C=O) groups is 1. The minimum atomic E-state index is -0.218. The molecule has 0 atom stereocenters. The van der Waals surface area contributed by atoms with Crippen molar-refractivity contribution in [1.82, 2.24) is 4.90 Å². The summed E-state index contributed by atoms with van der Waals surface area (Å²) in [6.45, 7) is 10.0. The molecular weight excluding hydrogens is 254 g/mol. The highest BCUT2D eigenvalue weighted by atomic mass is 16.5. The van der Waals surface area contributed by atoms with E-state index in [4.69, 9.17) is 9.47 Å². The molecule has 20 heavy (non-hydrogen) atoms. The van der Waals surface area contributed by atoms with Gasteiger partial charge in [0.2, 0.25) is 0 Å². The molecule has 0 amide bonds. The van der Waals surface area contributed by atoms with Crippen molar-refractivity contribution in [3.63, 3.8) is 0 Å². The van der Waals surface area contributed by atoms with Gasteiger partial charge in [0.1, 0.15) is 12.4 Å². The molecule has 0 unspecified atom stereocenters. The number of ether oxygens (including phenoxy) is 2. The Morgan fingerprint density at radius 1 is 1.35 bits per heavy atom. The number of esters is 1. The molecule has 0 aliphatic rings. The highest BCUT2D eigenvalue weighted by Crippen LogP contribution is 2.11. The summed E-state index contributed by atoms with van der Waals surface area (Å²) < 4.78 is 10.6. The smallest absolute Gasteiger partial charge is 0.320 e. The Morgan fingerprint density at radius 3 is 2.65 bits per heavy atom. The Balaban J connectivity index is 2.36. The molecule has 0 saturated carbocycles. The summed E-state index contributed by atoms with van der Waals surface area (Å²) in [6, 6.07) is 7.90. The Kier molecular flexibility index (Phi) is 7.43. The molecule has 0 aliphatic heterocycles. The molecule has 0 aliphatic carbocycles. The minimum Gasteiger partial charge on any atom is -0.492 e. The predicted octanol–water partition coefficient (Wildman–Crippen LogP) is 2.42. The second kappa shape index (κ2) is 9.15. The molecular formula is C16H23NO3. The summed E-state index contributed by atoms with van der Waals surface area (Å²) in [4.78, 5) is 13.4. The van der Waals surface area contributed by atoms with E-state index in [2.05, 4.69) is 6.58 Å². The topological polar surface area (TPSA) is 38.8 Å². The van der Waals surface area contributed by atoms with Gasteiger partial charge in [-0.2, -0.15) is 0 Å². The summed E-state index contributed by atoms with van der Waals surface area (Å²) in [7, 11) is 0. The van der Waals surface area contributed by atoms with E-state index >= 15 is 0 Å². The van der Waals surface area contributed by atoms with Gasteiger partial charge < -0.3 is 9.47 Å². The van der Waals surface area contributed by atoms with Gasteiger partial charge in [-0.1, -0.05) is 23.8 Å². The van der Waals surface area contributed by atoms with Crippen LogP contribution in [-0.4, -0.2) is 43.7 Å². The molecule has 1 aromatic rings. The van der Waals surface area contributed by atoms with Crippen molar-refractivity contribution >= 4 is 5.97 Å². The van der Waals surface area contributed by atoms with Gasteiger partial charge in [0.15, 0.2) is 0 Å². The number of hydrogen-bond acceptors (Lipinski definition) is 4. The maximum atomic E-state index is 11.5. The van der Waals surface area contributed by atoms with Crippen LogP contribution in [0.5, 0.6) is 5.75 Å². The summed E-state index contributed by atoms with van der Waals surface area (Å²) in [5, 5.41) is 0. The lowest BCUT2D eigenvalue weighted by atomic mass is 10.2. The van der Waals surface area contributed by atoms with Crippen LogP contribution in [0.2, 0.25) is 0 Å². The van der Waals surface area contributed by atoms with Gasteiger partial charge >= 0.3 is 5.97 Å². The minimum absolute atomic E-state index is 0.218. The summed E-state index contributed by atoms with van der Waals surface area (Å²) in [5.41, 5.74) is 1.20. The van der Waals surface area contributed by atoms with Crippen LogP contribution < -0.4 is 4.74 Å². The third kappa shape index (κ3) is 6.38. The predicted molar refractivity (Wildman–Crippen MR) is 79.9 cm³/mol. The molecule has 4 nitrogen and oxygen atoms in total. The zero-order valence-electron chi connectivity index (χ0n) is 12.3. The van der Waals surface area contributed by atoms with E-state index in [9.17, 15) is 4.79 Å². The average molecular weight is 277 g/mol. The number of rotatable bonds is 9. The largest absolute Gasteiger partial charge is 0.492 e. The molecule has 1 rings (SSSR count). The van der Waals surface area contributed by atoms with Crippen LogP contribution in [0.25, 0.3) is 0 Å². The first-order chi connectivity index (χ1) is 9.65. The maximum absolute atomic E-state index is 11.5. The molecule has 0 fully saturated rings. The fraction of sp³-hybridized carbons (Fsp3) is 0.438. The molecule has 0 radical (unpaired) electrons. The number of nitrogens with zero attached hydrogens (tertiary/aromatic N) is 1. The summed E-state index contributed by atoms with van der Waals surface area (Å²) in [6.07, 6.45) is 1.77. The fourth-order valence-corrected chi connectivity index (χ4v) is 1.73. The second-order valence-corrected chi connectivity index (χ2v) is 4.49. The van der Waals surface area contributed by atoms with Gasteiger partial charge in [-0.3, -0.25) is 9.69 Å². The molecule has 4 heteroatoms. The third-order valence-electron chi connectivity index (χ3n) is 2.74. The molecule has 0 spiro atoms. The van der Waals surface area contributed by atoms with Crippen LogP contribution in [0.1, 0.15) is 12.5 Å². The SMILES string of the molecule is C=CCN(CCOc1ccc(C)cc1)CC(=O)OCC. The molecule has 0 bridgehead atoms. The van der Waals surface area contributed by atoms with Crippen molar-refractivity contribution in [3.8, 4) is 5.75 Å². The van der Waals surface area contributed by atoms with Gasteiger partial charge in [-0.25, -0.2) is 0 Å². The highest BCUT2D eigenvalue weighted by molar-refractivity contribution is 5.71. The third-order valence-corrected chi connectivity index (χ3v) is 2.74. The molecule has 0 saturated heterocycles. The number of carbonyl (C=O) groups excluding carboxylic acids is 1. The number of aryl methyl sites for hydroxylation is 1. The van der Waals surface area contributed by atoms with Gasteiger partial charge in [-0.15, -0.1) is 6.58 Å². The van der Waals surface area contributed by atoms with Gasteiger partial charge in [0.25, 0.3) is 0 Å². The first kappa shape index (κ1) is 16.2. The lowest BCUT2D eigenvalue weighted by molar-refractivity contribution is -0.144. The van der Waals surface area contributed by atoms with Crippen LogP contribution in [0.15, 0.2) is 36.9 Å². The normalized spacial score (nSPS) is 10.3. The molecule has 1 aromatic carbocycles. The Morgan fingerprint density at radius 2 is 2.05 bits per heavy atom.